The first-order valence-electron chi connectivity index (χ1n) is 5.52. The molecule has 1 aromatic carbocycles. The van der Waals surface area contributed by atoms with Gasteiger partial charge in [-0.05, 0) is 24.1 Å². The molecule has 0 unspecified atom stereocenters. The lowest BCUT2D eigenvalue weighted by Gasteiger charge is -2.01. The van der Waals surface area contributed by atoms with Crippen molar-refractivity contribution in [1.82, 2.24) is 15.2 Å². The number of hydrogen-bond acceptors (Lipinski definition) is 4. The third kappa shape index (κ3) is 3.16. The number of rotatable bonds is 4. The molecule has 2 rings (SSSR count). The quantitative estimate of drug-likeness (QED) is 0.861. The van der Waals surface area contributed by atoms with Crippen molar-refractivity contribution in [2.45, 2.75) is 24.3 Å². The minimum Gasteiger partial charge on any atom is -0.265 e. The van der Waals surface area contributed by atoms with Gasteiger partial charge in [-0.1, -0.05) is 30.8 Å². The van der Waals surface area contributed by atoms with Crippen molar-refractivity contribution < 1.29 is 4.39 Å². The molecule has 0 amide bonds. The van der Waals surface area contributed by atoms with E-state index in [9.17, 15) is 9.18 Å². The number of benzene rings is 1. The van der Waals surface area contributed by atoms with Crippen LogP contribution in [0.4, 0.5) is 4.39 Å². The third-order valence-electron chi connectivity index (χ3n) is 2.36. The van der Waals surface area contributed by atoms with Crippen LogP contribution in [0.1, 0.15) is 18.2 Å². The van der Waals surface area contributed by atoms with Gasteiger partial charge in [0.15, 0.2) is 5.16 Å². The lowest BCUT2D eigenvalue weighted by Crippen LogP contribution is -2.16. The summed E-state index contributed by atoms with van der Waals surface area (Å²) in [6.07, 6.45) is 0.561. The van der Waals surface area contributed by atoms with Crippen molar-refractivity contribution in [3.05, 3.63) is 51.7 Å². The molecule has 4 nitrogen and oxygen atoms in total. The van der Waals surface area contributed by atoms with E-state index in [0.717, 1.165) is 5.56 Å². The fraction of sp³-hybridized carbons (Fsp3) is 0.250. The van der Waals surface area contributed by atoms with Crippen molar-refractivity contribution in [3.63, 3.8) is 0 Å². The predicted molar refractivity (Wildman–Crippen MR) is 68.0 cm³/mol. The van der Waals surface area contributed by atoms with Gasteiger partial charge < -0.3 is 0 Å². The maximum absolute atomic E-state index is 12.7. The van der Waals surface area contributed by atoms with Crippen LogP contribution in [0.5, 0.6) is 0 Å². The van der Waals surface area contributed by atoms with Crippen LogP contribution in [-0.2, 0) is 12.2 Å². The Balaban J connectivity index is 2.04. The van der Waals surface area contributed by atoms with Crippen molar-refractivity contribution in [1.29, 1.82) is 0 Å². The van der Waals surface area contributed by atoms with Crippen LogP contribution in [0.2, 0.25) is 0 Å². The van der Waals surface area contributed by atoms with Crippen LogP contribution < -0.4 is 5.56 Å². The number of thioether (sulfide) groups is 1. The fourth-order valence-electron chi connectivity index (χ4n) is 1.37. The zero-order valence-corrected chi connectivity index (χ0v) is 10.6. The van der Waals surface area contributed by atoms with Gasteiger partial charge in [-0.3, -0.25) is 9.89 Å². The second kappa shape index (κ2) is 5.77. The minimum atomic E-state index is -0.294. The standard InChI is InChI=1S/C12H12FN3OS/c1-2-10-11(17)14-12(16-15-10)18-7-8-3-5-9(13)6-4-8/h3-6H,2,7H2,1H3,(H,14,16,17). The minimum absolute atomic E-state index is 0.260. The van der Waals surface area contributed by atoms with Crippen molar-refractivity contribution in [2.75, 3.05) is 0 Å². The van der Waals surface area contributed by atoms with Gasteiger partial charge in [0.25, 0.3) is 5.56 Å². The highest BCUT2D eigenvalue weighted by atomic mass is 32.2. The molecule has 2 aromatic rings. The third-order valence-corrected chi connectivity index (χ3v) is 3.29. The molecule has 6 heteroatoms. The summed E-state index contributed by atoms with van der Waals surface area (Å²) in [5.74, 6) is 0.348. The molecule has 0 radical (unpaired) electrons. The van der Waals surface area contributed by atoms with Crippen molar-refractivity contribution in [2.24, 2.45) is 0 Å². The molecule has 0 bridgehead atoms. The molecule has 0 saturated carbocycles. The highest BCUT2D eigenvalue weighted by Crippen LogP contribution is 2.17. The summed E-state index contributed by atoms with van der Waals surface area (Å²) < 4.78 is 12.7. The van der Waals surface area contributed by atoms with Crippen LogP contribution in [0, 0.1) is 5.82 Å². The first-order chi connectivity index (χ1) is 8.69. The predicted octanol–water partition coefficient (Wildman–Crippen LogP) is 2.16. The van der Waals surface area contributed by atoms with Gasteiger partial charge in [-0.25, -0.2) is 4.39 Å². The molecule has 18 heavy (non-hydrogen) atoms. The normalized spacial score (nSPS) is 10.6. The van der Waals surface area contributed by atoms with Crippen molar-refractivity contribution >= 4 is 11.8 Å². The van der Waals surface area contributed by atoms with E-state index in [2.05, 4.69) is 15.2 Å². The Morgan fingerprint density at radius 3 is 2.67 bits per heavy atom. The molecule has 0 aliphatic carbocycles. The molecule has 1 N–H and O–H groups in total. The number of nitrogens with zero attached hydrogens (tertiary/aromatic N) is 2. The number of aromatic amines is 1. The molecule has 0 atom stereocenters. The van der Waals surface area contributed by atoms with Gasteiger partial charge >= 0.3 is 0 Å². The van der Waals surface area contributed by atoms with Crippen LogP contribution in [-0.4, -0.2) is 15.2 Å². The molecule has 1 aromatic heterocycles. The zero-order chi connectivity index (χ0) is 13.0. The summed E-state index contributed by atoms with van der Waals surface area (Å²) in [4.78, 5) is 15.4. The van der Waals surface area contributed by atoms with Gasteiger partial charge in [-0.15, -0.1) is 0 Å². The highest BCUT2D eigenvalue weighted by molar-refractivity contribution is 7.98. The SMILES string of the molecule is CCc1n[nH]c(SCc2ccc(F)cc2)nc1=O. The lowest BCUT2D eigenvalue weighted by atomic mass is 10.2. The van der Waals surface area contributed by atoms with Gasteiger partial charge in [0, 0.05) is 5.75 Å². The summed E-state index contributed by atoms with van der Waals surface area (Å²) in [6, 6.07) is 6.22. The largest absolute Gasteiger partial charge is 0.295 e. The Morgan fingerprint density at radius 2 is 2.06 bits per heavy atom. The topological polar surface area (TPSA) is 58.6 Å². The van der Waals surface area contributed by atoms with Gasteiger partial charge in [-0.2, -0.15) is 10.1 Å². The second-order valence-corrected chi connectivity index (χ2v) is 4.63. The number of aryl methyl sites for hydroxylation is 1. The fourth-order valence-corrected chi connectivity index (χ4v) is 2.13. The van der Waals surface area contributed by atoms with Crippen LogP contribution >= 0.6 is 11.8 Å². The maximum atomic E-state index is 12.7. The average molecular weight is 265 g/mol. The number of aromatic nitrogens is 3. The van der Waals surface area contributed by atoms with E-state index in [1.54, 1.807) is 12.1 Å². The Bertz CT molecular complexity index is 583. The van der Waals surface area contributed by atoms with E-state index in [0.29, 0.717) is 23.0 Å². The summed E-state index contributed by atoms with van der Waals surface area (Å²) in [5.41, 5.74) is 1.10. The highest BCUT2D eigenvalue weighted by Gasteiger charge is 2.04. The number of nitrogens with one attached hydrogen (secondary N) is 1. The van der Waals surface area contributed by atoms with E-state index < -0.39 is 0 Å². The Morgan fingerprint density at radius 1 is 1.33 bits per heavy atom. The average Bonchev–Trinajstić information content (AvgIpc) is 2.38. The molecule has 0 saturated heterocycles. The number of H-pyrrole nitrogens is 1. The van der Waals surface area contributed by atoms with E-state index in [-0.39, 0.29) is 11.4 Å². The Hall–Kier alpha value is -1.69. The van der Waals surface area contributed by atoms with Gasteiger partial charge in [0.2, 0.25) is 0 Å². The van der Waals surface area contributed by atoms with E-state index in [1.165, 1.54) is 23.9 Å². The monoisotopic (exact) mass is 265 g/mol. The molecule has 0 fully saturated rings. The van der Waals surface area contributed by atoms with Gasteiger partial charge in [0.1, 0.15) is 11.5 Å². The van der Waals surface area contributed by atoms with E-state index >= 15 is 0 Å². The Labute approximate surface area is 108 Å². The zero-order valence-electron chi connectivity index (χ0n) is 9.81. The summed E-state index contributed by atoms with van der Waals surface area (Å²) in [6.45, 7) is 1.85. The van der Waals surface area contributed by atoms with Crippen LogP contribution in [0.3, 0.4) is 0 Å². The first kappa shape index (κ1) is 12.8. The van der Waals surface area contributed by atoms with E-state index in [1.807, 2.05) is 6.92 Å². The van der Waals surface area contributed by atoms with Crippen LogP contribution in [0.15, 0.2) is 34.2 Å². The summed E-state index contributed by atoms with van der Waals surface area (Å²) in [5, 5.41) is 7.15. The summed E-state index contributed by atoms with van der Waals surface area (Å²) >= 11 is 1.36. The van der Waals surface area contributed by atoms with Crippen LogP contribution in [0.25, 0.3) is 0 Å². The molecule has 0 spiro atoms. The van der Waals surface area contributed by atoms with Gasteiger partial charge in [0.05, 0.1) is 0 Å². The Kier molecular flexibility index (Phi) is 4.09. The first-order valence-corrected chi connectivity index (χ1v) is 6.50. The maximum Gasteiger partial charge on any atom is 0.295 e. The molecular formula is C12H12FN3OS. The number of hydrogen-bond donors (Lipinski definition) is 1. The molecule has 0 aliphatic rings. The number of halogens is 1. The molecule has 0 aliphatic heterocycles. The molecule has 94 valence electrons. The second-order valence-electron chi connectivity index (χ2n) is 3.66. The molecule has 1 heterocycles. The molecular weight excluding hydrogens is 253 g/mol. The smallest absolute Gasteiger partial charge is 0.265 e. The van der Waals surface area contributed by atoms with Crippen molar-refractivity contribution in [3.8, 4) is 0 Å². The summed E-state index contributed by atoms with van der Waals surface area (Å²) in [7, 11) is 0. The lowest BCUT2D eigenvalue weighted by molar-refractivity contribution is 0.627. The van der Waals surface area contributed by atoms with E-state index in [4.69, 9.17) is 0 Å².